The van der Waals surface area contributed by atoms with Crippen molar-refractivity contribution >= 4 is 11.6 Å². The number of nitrogens with zero attached hydrogens (tertiary/aromatic N) is 4. The Labute approximate surface area is 119 Å². The molecule has 3 aromatic rings. The molecule has 3 heterocycles. The van der Waals surface area contributed by atoms with Crippen molar-refractivity contribution in [1.82, 2.24) is 24.5 Å². The van der Waals surface area contributed by atoms with E-state index in [2.05, 4.69) is 15.3 Å². The van der Waals surface area contributed by atoms with Crippen molar-refractivity contribution in [2.45, 2.75) is 6.92 Å². The predicted molar refractivity (Wildman–Crippen MR) is 76.6 cm³/mol. The van der Waals surface area contributed by atoms with Crippen LogP contribution in [-0.2, 0) is 0 Å². The molecule has 0 aliphatic rings. The van der Waals surface area contributed by atoms with Gasteiger partial charge in [0.2, 0.25) is 0 Å². The smallest absolute Gasteiger partial charge is 0.273 e. The zero-order chi connectivity index (χ0) is 14.8. The van der Waals surface area contributed by atoms with Gasteiger partial charge in [-0.2, -0.15) is 4.52 Å². The lowest BCUT2D eigenvalue weighted by molar-refractivity contribution is 0.0947. The van der Waals surface area contributed by atoms with E-state index >= 15 is 0 Å². The molecule has 21 heavy (non-hydrogen) atoms. The molecule has 0 unspecified atom stereocenters. The van der Waals surface area contributed by atoms with Crippen LogP contribution in [0, 0.1) is 0 Å². The summed E-state index contributed by atoms with van der Waals surface area (Å²) in [4.78, 5) is 32.7. The zero-order valence-corrected chi connectivity index (χ0v) is 11.4. The first-order valence-electron chi connectivity index (χ1n) is 6.51. The summed E-state index contributed by atoms with van der Waals surface area (Å²) in [6.07, 6.45) is 3.02. The van der Waals surface area contributed by atoms with Gasteiger partial charge in [-0.05, 0) is 19.1 Å². The highest BCUT2D eigenvalue weighted by atomic mass is 16.2. The van der Waals surface area contributed by atoms with E-state index in [9.17, 15) is 9.59 Å². The SMILES string of the molecule is CCNC(=O)c1cc2nccc(=O)n2n1-c1ccccn1. The van der Waals surface area contributed by atoms with Gasteiger partial charge in [-0.15, -0.1) is 0 Å². The van der Waals surface area contributed by atoms with Crippen LogP contribution >= 0.6 is 0 Å². The lowest BCUT2D eigenvalue weighted by Crippen LogP contribution is -2.28. The van der Waals surface area contributed by atoms with Crippen LogP contribution in [0.15, 0.2) is 47.5 Å². The minimum absolute atomic E-state index is 0.277. The van der Waals surface area contributed by atoms with Crippen molar-refractivity contribution in [1.29, 1.82) is 0 Å². The van der Waals surface area contributed by atoms with Crippen molar-refractivity contribution in [3.8, 4) is 5.82 Å². The fraction of sp³-hybridized carbons (Fsp3) is 0.143. The number of carbonyl (C=O) groups is 1. The zero-order valence-electron chi connectivity index (χ0n) is 11.4. The molecule has 0 bridgehead atoms. The fourth-order valence-corrected chi connectivity index (χ4v) is 2.12. The number of carbonyl (C=O) groups excluding carboxylic acids is 1. The third-order valence-electron chi connectivity index (χ3n) is 2.98. The summed E-state index contributed by atoms with van der Waals surface area (Å²) in [6, 6.07) is 8.19. The van der Waals surface area contributed by atoms with Gasteiger partial charge >= 0.3 is 0 Å². The molecule has 3 aromatic heterocycles. The second kappa shape index (κ2) is 5.20. The quantitative estimate of drug-likeness (QED) is 0.764. The maximum atomic E-state index is 12.2. The molecule has 0 aliphatic carbocycles. The minimum Gasteiger partial charge on any atom is -0.351 e. The van der Waals surface area contributed by atoms with Crippen molar-refractivity contribution < 1.29 is 4.79 Å². The summed E-state index contributed by atoms with van der Waals surface area (Å²) in [7, 11) is 0. The lowest BCUT2D eigenvalue weighted by atomic mass is 10.3. The van der Waals surface area contributed by atoms with Crippen molar-refractivity contribution in [2.24, 2.45) is 0 Å². The summed E-state index contributed by atoms with van der Waals surface area (Å²) in [5.41, 5.74) is 0.432. The van der Waals surface area contributed by atoms with E-state index in [0.717, 1.165) is 0 Å². The molecule has 106 valence electrons. The molecule has 0 atom stereocenters. The molecule has 0 aromatic carbocycles. The van der Waals surface area contributed by atoms with Crippen molar-refractivity contribution in [2.75, 3.05) is 6.54 Å². The van der Waals surface area contributed by atoms with Gasteiger partial charge < -0.3 is 5.32 Å². The topological polar surface area (TPSA) is 81.3 Å². The maximum Gasteiger partial charge on any atom is 0.273 e. The van der Waals surface area contributed by atoms with Gasteiger partial charge in [0.1, 0.15) is 5.69 Å². The molecular formula is C14H13N5O2. The maximum absolute atomic E-state index is 12.2. The lowest BCUT2D eigenvalue weighted by Gasteiger charge is -2.09. The van der Waals surface area contributed by atoms with Crippen LogP contribution in [0.5, 0.6) is 0 Å². The molecule has 7 heteroatoms. The monoisotopic (exact) mass is 283 g/mol. The van der Waals surface area contributed by atoms with E-state index in [0.29, 0.717) is 23.7 Å². The van der Waals surface area contributed by atoms with E-state index in [4.69, 9.17) is 0 Å². The average Bonchev–Trinajstić information content (AvgIpc) is 2.89. The Morgan fingerprint density at radius 1 is 1.24 bits per heavy atom. The van der Waals surface area contributed by atoms with Gasteiger partial charge in [-0.25, -0.2) is 14.6 Å². The Bertz CT molecular complexity index is 851. The van der Waals surface area contributed by atoms with Gasteiger partial charge in [0.25, 0.3) is 11.5 Å². The molecule has 0 spiro atoms. The van der Waals surface area contributed by atoms with E-state index in [1.165, 1.54) is 21.5 Å². The first-order valence-corrected chi connectivity index (χ1v) is 6.51. The molecule has 0 saturated heterocycles. The number of pyridine rings is 1. The highest BCUT2D eigenvalue weighted by Gasteiger charge is 2.18. The Kier molecular flexibility index (Phi) is 3.23. The molecule has 7 nitrogen and oxygen atoms in total. The third-order valence-corrected chi connectivity index (χ3v) is 2.98. The van der Waals surface area contributed by atoms with E-state index < -0.39 is 0 Å². The van der Waals surface area contributed by atoms with Crippen LogP contribution in [-0.4, -0.2) is 31.6 Å². The number of rotatable bonds is 3. The Morgan fingerprint density at radius 3 is 2.81 bits per heavy atom. The van der Waals surface area contributed by atoms with Crippen LogP contribution in [0.3, 0.4) is 0 Å². The molecule has 1 amide bonds. The van der Waals surface area contributed by atoms with Crippen molar-refractivity contribution in [3.05, 3.63) is 58.8 Å². The van der Waals surface area contributed by atoms with E-state index in [1.807, 2.05) is 6.92 Å². The first-order chi connectivity index (χ1) is 10.2. The third kappa shape index (κ3) is 2.18. The number of fused-ring (bicyclic) bond motifs is 1. The number of nitrogens with one attached hydrogen (secondary N) is 1. The highest BCUT2D eigenvalue weighted by Crippen LogP contribution is 2.12. The van der Waals surface area contributed by atoms with Gasteiger partial charge in [0, 0.05) is 31.1 Å². The molecule has 0 saturated carbocycles. The Balaban J connectivity index is 2.35. The van der Waals surface area contributed by atoms with Crippen LogP contribution in [0.2, 0.25) is 0 Å². The van der Waals surface area contributed by atoms with Gasteiger partial charge in [-0.3, -0.25) is 9.59 Å². The first kappa shape index (κ1) is 13.0. The van der Waals surface area contributed by atoms with Gasteiger partial charge in [0.05, 0.1) is 0 Å². The largest absolute Gasteiger partial charge is 0.351 e. The number of hydrogen-bond donors (Lipinski definition) is 1. The molecular weight excluding hydrogens is 270 g/mol. The highest BCUT2D eigenvalue weighted by molar-refractivity contribution is 5.94. The molecule has 0 fully saturated rings. The second-order valence-corrected chi connectivity index (χ2v) is 4.34. The van der Waals surface area contributed by atoms with Gasteiger partial charge in [0.15, 0.2) is 11.5 Å². The molecule has 3 rings (SSSR count). The van der Waals surface area contributed by atoms with Crippen LogP contribution in [0.25, 0.3) is 11.5 Å². The molecule has 0 aliphatic heterocycles. The standard InChI is InChI=1S/C14H13N5O2/c1-2-15-14(21)10-9-12-17-8-6-13(20)19(12)18(10)11-5-3-4-7-16-11/h3-9H,2H2,1H3,(H,15,21). The summed E-state index contributed by atoms with van der Waals surface area (Å²) >= 11 is 0. The number of aromatic nitrogens is 4. The Hall–Kier alpha value is -2.96. The fourth-order valence-electron chi connectivity index (χ4n) is 2.12. The van der Waals surface area contributed by atoms with Crippen LogP contribution < -0.4 is 10.9 Å². The normalized spacial score (nSPS) is 10.7. The average molecular weight is 283 g/mol. The van der Waals surface area contributed by atoms with Gasteiger partial charge in [-0.1, -0.05) is 6.07 Å². The van der Waals surface area contributed by atoms with Crippen molar-refractivity contribution in [3.63, 3.8) is 0 Å². The number of hydrogen-bond acceptors (Lipinski definition) is 4. The summed E-state index contributed by atoms with van der Waals surface area (Å²) < 4.78 is 2.79. The summed E-state index contributed by atoms with van der Waals surface area (Å²) in [5.74, 6) is 0.192. The molecule has 0 radical (unpaired) electrons. The summed E-state index contributed by atoms with van der Waals surface area (Å²) in [5, 5.41) is 2.72. The number of amides is 1. The van der Waals surface area contributed by atoms with E-state index in [1.54, 1.807) is 30.5 Å². The van der Waals surface area contributed by atoms with E-state index in [-0.39, 0.29) is 11.5 Å². The Morgan fingerprint density at radius 2 is 2.10 bits per heavy atom. The van der Waals surface area contributed by atoms with Crippen LogP contribution in [0.4, 0.5) is 0 Å². The summed E-state index contributed by atoms with van der Waals surface area (Å²) in [6.45, 7) is 2.32. The predicted octanol–water partition coefficient (Wildman–Crippen LogP) is 0.630. The van der Waals surface area contributed by atoms with Crippen LogP contribution in [0.1, 0.15) is 17.4 Å². The molecule has 1 N–H and O–H groups in total. The second-order valence-electron chi connectivity index (χ2n) is 4.34. The minimum atomic E-state index is -0.284.